The monoisotopic (exact) mass is 473 g/mol. The van der Waals surface area contributed by atoms with Crippen LogP contribution in [0.3, 0.4) is 0 Å². The zero-order chi connectivity index (χ0) is 24.8. The van der Waals surface area contributed by atoms with Crippen LogP contribution in [0.1, 0.15) is 41.6 Å². The first-order chi connectivity index (χ1) is 17.0. The Hall–Kier alpha value is -3.61. The minimum atomic E-state index is -0.0787. The number of amides is 2. The van der Waals surface area contributed by atoms with Gasteiger partial charge in [0.15, 0.2) is 0 Å². The summed E-state index contributed by atoms with van der Waals surface area (Å²) < 4.78 is 5.20. The average molecular weight is 474 g/mol. The summed E-state index contributed by atoms with van der Waals surface area (Å²) in [6.45, 7) is 9.15. The number of urea groups is 1. The minimum absolute atomic E-state index is 0.0787. The van der Waals surface area contributed by atoms with Gasteiger partial charge < -0.3 is 19.9 Å². The lowest BCUT2D eigenvalue weighted by molar-refractivity contribution is 0.215. The molecule has 7 heteroatoms. The molecule has 0 atom stereocenters. The van der Waals surface area contributed by atoms with Crippen molar-refractivity contribution in [3.63, 3.8) is 0 Å². The van der Waals surface area contributed by atoms with Crippen molar-refractivity contribution in [2.24, 2.45) is 0 Å². The topological polar surface area (TPSA) is 70.6 Å². The third kappa shape index (κ3) is 6.10. The van der Waals surface area contributed by atoms with Gasteiger partial charge in [0, 0.05) is 49.5 Å². The summed E-state index contributed by atoms with van der Waals surface area (Å²) in [6.07, 6.45) is 2.55. The van der Waals surface area contributed by atoms with Crippen LogP contribution in [0, 0.1) is 13.8 Å². The Morgan fingerprint density at radius 2 is 1.71 bits per heavy atom. The van der Waals surface area contributed by atoms with Crippen LogP contribution in [0.4, 0.5) is 16.3 Å². The number of ether oxygens (including phenoxy) is 1. The third-order valence-corrected chi connectivity index (χ3v) is 6.44. The van der Waals surface area contributed by atoms with Crippen molar-refractivity contribution in [3.8, 4) is 5.75 Å². The van der Waals surface area contributed by atoms with Crippen molar-refractivity contribution in [2.75, 3.05) is 43.5 Å². The van der Waals surface area contributed by atoms with Gasteiger partial charge in [0.05, 0.1) is 7.11 Å². The van der Waals surface area contributed by atoms with Crippen molar-refractivity contribution in [1.29, 1.82) is 0 Å². The van der Waals surface area contributed by atoms with Crippen LogP contribution in [0.25, 0.3) is 0 Å². The summed E-state index contributed by atoms with van der Waals surface area (Å²) in [4.78, 5) is 26.8. The van der Waals surface area contributed by atoms with Gasteiger partial charge in [-0.25, -0.2) is 14.8 Å². The van der Waals surface area contributed by atoms with Gasteiger partial charge in [-0.15, -0.1) is 0 Å². The molecule has 1 aliphatic heterocycles. The van der Waals surface area contributed by atoms with Crippen LogP contribution in [0.5, 0.6) is 5.75 Å². The first kappa shape index (κ1) is 24.5. The van der Waals surface area contributed by atoms with Crippen molar-refractivity contribution < 1.29 is 9.53 Å². The number of nitrogens with zero attached hydrogens (tertiary/aromatic N) is 4. The molecule has 3 aromatic rings. The maximum absolute atomic E-state index is 12.9. The fourth-order valence-corrected chi connectivity index (χ4v) is 4.49. The number of nitrogens with one attached hydrogen (secondary N) is 1. The van der Waals surface area contributed by atoms with E-state index in [1.54, 1.807) is 7.11 Å². The Morgan fingerprint density at radius 3 is 2.40 bits per heavy atom. The normalized spacial score (nSPS) is 13.9. The van der Waals surface area contributed by atoms with Crippen molar-refractivity contribution in [1.82, 2.24) is 14.9 Å². The molecule has 0 unspecified atom stereocenters. The first-order valence-electron chi connectivity index (χ1n) is 12.3. The van der Waals surface area contributed by atoms with E-state index in [1.807, 2.05) is 36.1 Å². The van der Waals surface area contributed by atoms with Gasteiger partial charge in [0.25, 0.3) is 0 Å². The molecule has 4 rings (SSSR count). The van der Waals surface area contributed by atoms with Gasteiger partial charge in [0.2, 0.25) is 0 Å². The highest BCUT2D eigenvalue weighted by molar-refractivity contribution is 5.89. The number of carbonyl (C=O) groups is 1. The number of methoxy groups -OCH3 is 1. The van der Waals surface area contributed by atoms with Crippen LogP contribution >= 0.6 is 0 Å². The lowest BCUT2D eigenvalue weighted by Crippen LogP contribution is -2.38. The fourth-order valence-electron chi connectivity index (χ4n) is 4.49. The van der Waals surface area contributed by atoms with E-state index >= 15 is 0 Å². The Labute approximate surface area is 208 Å². The highest BCUT2D eigenvalue weighted by Crippen LogP contribution is 2.26. The molecular formula is C28H35N5O2. The standard InChI is InChI=1S/C28H35N5O2/c1-5-26-25(19-22-9-7-20(2)8-10-22)27(30-21(3)29-26)32-15-6-16-33(18-17-32)28(34)31-23-11-13-24(35-4)14-12-23/h7-14H,5-6,15-19H2,1-4H3,(H,31,34). The zero-order valence-corrected chi connectivity index (χ0v) is 21.2. The van der Waals surface area contributed by atoms with E-state index in [0.29, 0.717) is 13.1 Å². The maximum Gasteiger partial charge on any atom is 0.321 e. The number of anilines is 2. The lowest BCUT2D eigenvalue weighted by atomic mass is 10.0. The number of carbonyl (C=O) groups excluding carboxylic acids is 1. The first-order valence-corrected chi connectivity index (χ1v) is 12.3. The van der Waals surface area contributed by atoms with Gasteiger partial charge in [-0.2, -0.15) is 0 Å². The molecular weight excluding hydrogens is 438 g/mol. The number of aryl methyl sites for hydroxylation is 3. The van der Waals surface area contributed by atoms with E-state index in [-0.39, 0.29) is 6.03 Å². The van der Waals surface area contributed by atoms with Gasteiger partial charge in [-0.05, 0) is 56.5 Å². The van der Waals surface area contributed by atoms with Gasteiger partial charge in [0.1, 0.15) is 17.4 Å². The third-order valence-electron chi connectivity index (χ3n) is 6.44. The molecule has 1 N–H and O–H groups in total. The van der Waals surface area contributed by atoms with Crippen LogP contribution in [-0.2, 0) is 12.8 Å². The van der Waals surface area contributed by atoms with Gasteiger partial charge in [-0.1, -0.05) is 36.8 Å². The smallest absolute Gasteiger partial charge is 0.321 e. The molecule has 2 aromatic carbocycles. The molecule has 7 nitrogen and oxygen atoms in total. The molecule has 35 heavy (non-hydrogen) atoms. The van der Waals surface area contributed by atoms with Crippen molar-refractivity contribution in [3.05, 3.63) is 76.7 Å². The van der Waals surface area contributed by atoms with E-state index in [2.05, 4.69) is 48.3 Å². The van der Waals surface area contributed by atoms with Crippen LogP contribution < -0.4 is 15.0 Å². The van der Waals surface area contributed by atoms with E-state index < -0.39 is 0 Å². The number of hydrogen-bond acceptors (Lipinski definition) is 5. The van der Waals surface area contributed by atoms with Crippen molar-refractivity contribution in [2.45, 2.75) is 40.0 Å². The summed E-state index contributed by atoms with van der Waals surface area (Å²) in [7, 11) is 1.63. The molecule has 2 amide bonds. The summed E-state index contributed by atoms with van der Waals surface area (Å²) >= 11 is 0. The molecule has 2 heterocycles. The molecule has 0 spiro atoms. The second-order valence-corrected chi connectivity index (χ2v) is 9.02. The molecule has 184 valence electrons. The lowest BCUT2D eigenvalue weighted by Gasteiger charge is -2.26. The fraction of sp³-hybridized carbons (Fsp3) is 0.393. The second-order valence-electron chi connectivity index (χ2n) is 9.02. The minimum Gasteiger partial charge on any atom is -0.497 e. The van der Waals surface area contributed by atoms with Crippen LogP contribution in [0.2, 0.25) is 0 Å². The molecule has 1 saturated heterocycles. The van der Waals surface area contributed by atoms with Crippen molar-refractivity contribution >= 4 is 17.5 Å². The molecule has 1 aromatic heterocycles. The Kier molecular flexibility index (Phi) is 7.85. The number of rotatable bonds is 6. The van der Waals surface area contributed by atoms with Crippen LogP contribution in [0.15, 0.2) is 48.5 Å². The molecule has 1 fully saturated rings. The van der Waals surface area contributed by atoms with E-state index in [1.165, 1.54) is 16.7 Å². The largest absolute Gasteiger partial charge is 0.497 e. The van der Waals surface area contributed by atoms with Crippen LogP contribution in [-0.4, -0.2) is 54.2 Å². The summed E-state index contributed by atoms with van der Waals surface area (Å²) in [6, 6.07) is 16.0. The van der Waals surface area contributed by atoms with Gasteiger partial charge in [-0.3, -0.25) is 0 Å². The average Bonchev–Trinajstić information content (AvgIpc) is 3.13. The quantitative estimate of drug-likeness (QED) is 0.546. The summed E-state index contributed by atoms with van der Waals surface area (Å²) in [5, 5.41) is 3.01. The molecule has 0 aliphatic carbocycles. The van der Waals surface area contributed by atoms with E-state index in [4.69, 9.17) is 14.7 Å². The zero-order valence-electron chi connectivity index (χ0n) is 21.2. The molecule has 0 bridgehead atoms. The summed E-state index contributed by atoms with van der Waals surface area (Å²) in [5.41, 5.74) is 5.57. The maximum atomic E-state index is 12.9. The SMILES string of the molecule is CCc1nc(C)nc(N2CCCN(C(=O)Nc3ccc(OC)cc3)CC2)c1Cc1ccc(C)cc1. The molecule has 0 radical (unpaired) electrons. The Morgan fingerprint density at radius 1 is 0.971 bits per heavy atom. The predicted octanol–water partition coefficient (Wildman–Crippen LogP) is 5.00. The number of hydrogen-bond donors (Lipinski definition) is 1. The number of aromatic nitrogens is 2. The predicted molar refractivity (Wildman–Crippen MR) is 141 cm³/mol. The molecule has 1 aliphatic rings. The summed E-state index contributed by atoms with van der Waals surface area (Å²) in [5.74, 6) is 2.57. The number of benzene rings is 2. The Bertz CT molecular complexity index is 1150. The van der Waals surface area contributed by atoms with E-state index in [0.717, 1.165) is 61.1 Å². The Balaban J connectivity index is 1.50. The highest BCUT2D eigenvalue weighted by atomic mass is 16.5. The van der Waals surface area contributed by atoms with E-state index in [9.17, 15) is 4.79 Å². The molecule has 0 saturated carbocycles. The van der Waals surface area contributed by atoms with Gasteiger partial charge >= 0.3 is 6.03 Å². The second kappa shape index (κ2) is 11.2. The highest BCUT2D eigenvalue weighted by Gasteiger charge is 2.23.